The lowest BCUT2D eigenvalue weighted by Crippen LogP contribution is -2.28. The van der Waals surface area contributed by atoms with Crippen molar-refractivity contribution in [1.29, 1.82) is 0 Å². The van der Waals surface area contributed by atoms with Crippen LogP contribution in [0.2, 0.25) is 0 Å². The third-order valence-corrected chi connectivity index (χ3v) is 2.40. The molecule has 0 heterocycles. The van der Waals surface area contributed by atoms with Gasteiger partial charge in [0.15, 0.2) is 0 Å². The Morgan fingerprint density at radius 2 is 2.11 bits per heavy atom. The van der Waals surface area contributed by atoms with Gasteiger partial charge in [0.25, 0.3) is 5.91 Å². The standard InChI is InChI=1S/C14H16FNO3/c1-9(2)14(18)19-7-6-16-13(17)12-5-4-11(15)8-10(12)3/h4-5,8H,1,6-7H2,2-3H3,(H,16,17). The molecule has 1 aromatic carbocycles. The number of amides is 1. The van der Waals surface area contributed by atoms with Crippen molar-refractivity contribution in [1.82, 2.24) is 5.32 Å². The maximum Gasteiger partial charge on any atom is 0.333 e. The summed E-state index contributed by atoms with van der Waals surface area (Å²) in [7, 11) is 0. The monoisotopic (exact) mass is 265 g/mol. The maximum atomic E-state index is 12.9. The molecule has 1 amide bonds. The van der Waals surface area contributed by atoms with E-state index in [1.54, 1.807) is 13.8 Å². The molecule has 0 spiro atoms. The highest BCUT2D eigenvalue weighted by atomic mass is 19.1. The van der Waals surface area contributed by atoms with Gasteiger partial charge in [0.1, 0.15) is 12.4 Å². The molecule has 0 aromatic heterocycles. The van der Waals surface area contributed by atoms with Crippen molar-refractivity contribution >= 4 is 11.9 Å². The Morgan fingerprint density at radius 3 is 2.68 bits per heavy atom. The number of hydrogen-bond donors (Lipinski definition) is 1. The van der Waals surface area contributed by atoms with Gasteiger partial charge in [0, 0.05) is 11.1 Å². The van der Waals surface area contributed by atoms with Crippen LogP contribution in [0.4, 0.5) is 4.39 Å². The molecule has 102 valence electrons. The van der Waals surface area contributed by atoms with Crippen LogP contribution in [0.3, 0.4) is 0 Å². The van der Waals surface area contributed by atoms with E-state index < -0.39 is 5.97 Å². The topological polar surface area (TPSA) is 55.4 Å². The predicted molar refractivity (Wildman–Crippen MR) is 69.2 cm³/mol. The molecule has 5 heteroatoms. The van der Waals surface area contributed by atoms with Crippen molar-refractivity contribution in [2.75, 3.05) is 13.2 Å². The van der Waals surface area contributed by atoms with Gasteiger partial charge in [-0.2, -0.15) is 0 Å². The summed E-state index contributed by atoms with van der Waals surface area (Å²) in [5, 5.41) is 2.59. The SMILES string of the molecule is C=C(C)C(=O)OCCNC(=O)c1ccc(F)cc1C. The zero-order valence-electron chi connectivity index (χ0n) is 11.0. The second-order valence-electron chi connectivity index (χ2n) is 4.13. The van der Waals surface area contributed by atoms with Gasteiger partial charge < -0.3 is 10.1 Å². The van der Waals surface area contributed by atoms with Crippen molar-refractivity contribution in [2.24, 2.45) is 0 Å². The molecule has 0 unspecified atom stereocenters. The Kier molecular flexibility index (Phi) is 5.23. The van der Waals surface area contributed by atoms with E-state index in [1.807, 2.05) is 0 Å². The lowest BCUT2D eigenvalue weighted by atomic mass is 10.1. The van der Waals surface area contributed by atoms with Gasteiger partial charge in [-0.1, -0.05) is 6.58 Å². The van der Waals surface area contributed by atoms with Gasteiger partial charge in [-0.05, 0) is 37.6 Å². The smallest absolute Gasteiger partial charge is 0.333 e. The summed E-state index contributed by atoms with van der Waals surface area (Å²) in [6.45, 7) is 6.89. The van der Waals surface area contributed by atoms with Crippen LogP contribution < -0.4 is 5.32 Å². The van der Waals surface area contributed by atoms with Crippen LogP contribution in [0, 0.1) is 12.7 Å². The minimum Gasteiger partial charge on any atom is -0.460 e. The van der Waals surface area contributed by atoms with Crippen molar-refractivity contribution in [3.8, 4) is 0 Å². The fourth-order valence-electron chi connectivity index (χ4n) is 1.41. The molecule has 1 N–H and O–H groups in total. The molecule has 1 rings (SSSR count). The number of nitrogens with one attached hydrogen (secondary N) is 1. The van der Waals surface area contributed by atoms with Crippen LogP contribution >= 0.6 is 0 Å². The van der Waals surface area contributed by atoms with E-state index in [-0.39, 0.29) is 24.9 Å². The van der Waals surface area contributed by atoms with E-state index in [1.165, 1.54) is 18.2 Å². The summed E-state index contributed by atoms with van der Waals surface area (Å²) < 4.78 is 17.7. The average Bonchev–Trinajstić information content (AvgIpc) is 2.33. The summed E-state index contributed by atoms with van der Waals surface area (Å²) in [6, 6.07) is 3.93. The Labute approximate surface area is 111 Å². The predicted octanol–water partition coefficient (Wildman–Crippen LogP) is 1.98. The first-order valence-electron chi connectivity index (χ1n) is 5.79. The first-order valence-corrected chi connectivity index (χ1v) is 5.79. The Hall–Kier alpha value is -2.17. The van der Waals surface area contributed by atoms with Crippen LogP contribution in [0.25, 0.3) is 0 Å². The van der Waals surface area contributed by atoms with Gasteiger partial charge in [-0.15, -0.1) is 0 Å². The number of carbonyl (C=O) groups excluding carboxylic acids is 2. The van der Waals surface area contributed by atoms with Crippen LogP contribution in [-0.2, 0) is 9.53 Å². The third kappa shape index (κ3) is 4.54. The summed E-state index contributed by atoms with van der Waals surface area (Å²) in [5.74, 6) is -1.21. The molecule has 0 atom stereocenters. The number of rotatable bonds is 5. The highest BCUT2D eigenvalue weighted by Gasteiger charge is 2.09. The molecule has 0 saturated heterocycles. The van der Waals surface area contributed by atoms with Crippen LogP contribution in [0.5, 0.6) is 0 Å². The number of ether oxygens (including phenoxy) is 1. The first kappa shape index (κ1) is 14.9. The highest BCUT2D eigenvalue weighted by Crippen LogP contribution is 2.09. The van der Waals surface area contributed by atoms with Crippen molar-refractivity contribution in [2.45, 2.75) is 13.8 Å². The van der Waals surface area contributed by atoms with E-state index in [9.17, 15) is 14.0 Å². The van der Waals surface area contributed by atoms with Gasteiger partial charge in [0.2, 0.25) is 0 Å². The van der Waals surface area contributed by atoms with Crippen molar-refractivity contribution in [3.63, 3.8) is 0 Å². The summed E-state index contributed by atoms with van der Waals surface area (Å²) in [4.78, 5) is 22.8. The lowest BCUT2D eigenvalue weighted by molar-refractivity contribution is -0.138. The molecule has 0 fully saturated rings. The van der Waals surface area contributed by atoms with Gasteiger partial charge in [-0.3, -0.25) is 4.79 Å². The molecule has 0 saturated carbocycles. The number of hydrogen-bond acceptors (Lipinski definition) is 3. The quantitative estimate of drug-likeness (QED) is 0.503. The molecule has 19 heavy (non-hydrogen) atoms. The first-order chi connectivity index (χ1) is 8.91. The Balaban J connectivity index is 2.43. The minimum absolute atomic E-state index is 0.0671. The van der Waals surface area contributed by atoms with E-state index in [0.717, 1.165) is 0 Å². The summed E-state index contributed by atoms with van der Waals surface area (Å²) in [6.07, 6.45) is 0. The number of benzene rings is 1. The number of esters is 1. The zero-order valence-corrected chi connectivity index (χ0v) is 11.0. The molecular formula is C14H16FNO3. The molecule has 0 aliphatic heterocycles. The third-order valence-electron chi connectivity index (χ3n) is 2.40. The largest absolute Gasteiger partial charge is 0.460 e. The van der Waals surface area contributed by atoms with Gasteiger partial charge in [0.05, 0.1) is 6.54 Å². The second-order valence-corrected chi connectivity index (χ2v) is 4.13. The van der Waals surface area contributed by atoms with Gasteiger partial charge >= 0.3 is 5.97 Å². The fraction of sp³-hybridized carbons (Fsp3) is 0.286. The van der Waals surface area contributed by atoms with Crippen LogP contribution in [0.15, 0.2) is 30.4 Å². The van der Waals surface area contributed by atoms with E-state index >= 15 is 0 Å². The highest BCUT2D eigenvalue weighted by molar-refractivity contribution is 5.95. The van der Waals surface area contributed by atoms with Crippen molar-refractivity contribution < 1.29 is 18.7 Å². The number of carbonyl (C=O) groups is 2. The van der Waals surface area contributed by atoms with Crippen molar-refractivity contribution in [3.05, 3.63) is 47.3 Å². The van der Waals surface area contributed by atoms with E-state index in [2.05, 4.69) is 11.9 Å². The maximum absolute atomic E-state index is 12.9. The second kappa shape index (κ2) is 6.68. The van der Waals surface area contributed by atoms with Gasteiger partial charge in [-0.25, -0.2) is 9.18 Å². The summed E-state index contributed by atoms with van der Waals surface area (Å²) >= 11 is 0. The lowest BCUT2D eigenvalue weighted by Gasteiger charge is -2.08. The minimum atomic E-state index is -0.493. The molecule has 4 nitrogen and oxygen atoms in total. The Bertz CT molecular complexity index is 511. The molecule has 0 radical (unpaired) electrons. The van der Waals surface area contributed by atoms with E-state index in [4.69, 9.17) is 4.74 Å². The number of aryl methyl sites for hydroxylation is 1. The summed E-state index contributed by atoms with van der Waals surface area (Å²) in [5.41, 5.74) is 1.25. The van der Waals surface area contributed by atoms with Crippen LogP contribution in [-0.4, -0.2) is 25.0 Å². The zero-order chi connectivity index (χ0) is 14.4. The molecule has 0 bridgehead atoms. The fourth-order valence-corrected chi connectivity index (χ4v) is 1.41. The Morgan fingerprint density at radius 1 is 1.42 bits per heavy atom. The molecule has 1 aromatic rings. The molecular weight excluding hydrogens is 249 g/mol. The molecule has 0 aliphatic carbocycles. The molecule has 0 aliphatic rings. The normalized spacial score (nSPS) is 9.84. The number of halogens is 1. The average molecular weight is 265 g/mol. The van der Waals surface area contributed by atoms with E-state index in [0.29, 0.717) is 16.7 Å². The van der Waals surface area contributed by atoms with Crippen LogP contribution in [0.1, 0.15) is 22.8 Å².